The highest BCUT2D eigenvalue weighted by molar-refractivity contribution is 5.82. The van der Waals surface area contributed by atoms with Crippen LogP contribution in [0.15, 0.2) is 0 Å². The molecular weight excluding hydrogens is 188 g/mol. The zero-order chi connectivity index (χ0) is 11.6. The second kappa shape index (κ2) is 4.97. The van der Waals surface area contributed by atoms with Crippen molar-refractivity contribution in [2.45, 2.75) is 46.2 Å². The maximum atomic E-state index is 11.9. The summed E-state index contributed by atoms with van der Waals surface area (Å²) in [5.74, 6) is 1.28. The minimum Gasteiger partial charge on any atom is -0.350 e. The molecule has 1 amide bonds. The molecule has 1 aliphatic rings. The Morgan fingerprint density at radius 2 is 2.00 bits per heavy atom. The van der Waals surface area contributed by atoms with Crippen molar-refractivity contribution in [1.29, 1.82) is 0 Å². The second-order valence-corrected chi connectivity index (χ2v) is 5.44. The van der Waals surface area contributed by atoms with Gasteiger partial charge in [0.2, 0.25) is 5.91 Å². The molecule has 2 unspecified atom stereocenters. The molecule has 0 aromatic carbocycles. The van der Waals surface area contributed by atoms with Crippen molar-refractivity contribution in [3.05, 3.63) is 0 Å². The number of hydrogen-bond donors (Lipinski definition) is 1. The Bertz CT molecular complexity index is 226. The summed E-state index contributed by atoms with van der Waals surface area (Å²) in [6.45, 7) is 9.61. The quantitative estimate of drug-likeness (QED) is 0.768. The molecule has 0 spiro atoms. The van der Waals surface area contributed by atoms with Gasteiger partial charge < -0.3 is 5.32 Å². The van der Waals surface area contributed by atoms with Crippen molar-refractivity contribution in [3.63, 3.8) is 0 Å². The topological polar surface area (TPSA) is 32.3 Å². The predicted octanol–water partition coefficient (Wildman–Crippen LogP) is 1.49. The van der Waals surface area contributed by atoms with Crippen molar-refractivity contribution in [2.24, 2.45) is 11.8 Å². The van der Waals surface area contributed by atoms with Crippen molar-refractivity contribution in [2.75, 3.05) is 13.6 Å². The van der Waals surface area contributed by atoms with Gasteiger partial charge in [0.1, 0.15) is 0 Å². The fourth-order valence-electron chi connectivity index (χ4n) is 2.07. The SMILES string of the molecule is CC(C)CC1C(=O)NC(C(C)C)CN1C. The molecule has 1 N–H and O–H groups in total. The van der Waals surface area contributed by atoms with Gasteiger partial charge in [-0.3, -0.25) is 9.69 Å². The van der Waals surface area contributed by atoms with Crippen LogP contribution in [0.25, 0.3) is 0 Å². The van der Waals surface area contributed by atoms with Crippen LogP contribution in [0.1, 0.15) is 34.1 Å². The monoisotopic (exact) mass is 212 g/mol. The molecule has 2 atom stereocenters. The van der Waals surface area contributed by atoms with Crippen molar-refractivity contribution in [1.82, 2.24) is 10.2 Å². The highest BCUT2D eigenvalue weighted by atomic mass is 16.2. The van der Waals surface area contributed by atoms with Gasteiger partial charge in [-0.25, -0.2) is 0 Å². The molecule has 1 fully saturated rings. The summed E-state index contributed by atoms with van der Waals surface area (Å²) in [4.78, 5) is 14.1. The summed E-state index contributed by atoms with van der Waals surface area (Å²) in [6, 6.07) is 0.380. The molecule has 88 valence electrons. The molecule has 15 heavy (non-hydrogen) atoms. The number of likely N-dealkylation sites (N-methyl/N-ethyl adjacent to an activating group) is 1. The Morgan fingerprint density at radius 3 is 2.40 bits per heavy atom. The number of carbonyl (C=O) groups is 1. The van der Waals surface area contributed by atoms with Crippen LogP contribution in [0.5, 0.6) is 0 Å². The Balaban J connectivity index is 2.60. The first-order chi connectivity index (χ1) is 6.91. The van der Waals surface area contributed by atoms with Gasteiger partial charge in [-0.2, -0.15) is 0 Å². The molecule has 3 nitrogen and oxygen atoms in total. The standard InChI is InChI=1S/C12H24N2O/c1-8(2)6-11-12(15)13-10(9(3)4)7-14(11)5/h8-11H,6-7H2,1-5H3,(H,13,15). The lowest BCUT2D eigenvalue weighted by Crippen LogP contribution is -2.60. The van der Waals surface area contributed by atoms with Gasteiger partial charge in [-0.1, -0.05) is 27.7 Å². The van der Waals surface area contributed by atoms with E-state index in [4.69, 9.17) is 0 Å². The van der Waals surface area contributed by atoms with Gasteiger partial charge in [0.25, 0.3) is 0 Å². The number of hydrogen-bond acceptors (Lipinski definition) is 2. The van der Waals surface area contributed by atoms with Crippen molar-refractivity contribution in [3.8, 4) is 0 Å². The van der Waals surface area contributed by atoms with E-state index in [1.165, 1.54) is 0 Å². The number of carbonyl (C=O) groups excluding carboxylic acids is 1. The van der Waals surface area contributed by atoms with Crippen molar-refractivity contribution < 1.29 is 4.79 Å². The Hall–Kier alpha value is -0.570. The lowest BCUT2D eigenvalue weighted by molar-refractivity contribution is -0.131. The first-order valence-corrected chi connectivity index (χ1v) is 5.92. The molecule has 0 aromatic rings. The van der Waals surface area contributed by atoms with Gasteiger partial charge in [0, 0.05) is 12.6 Å². The van der Waals surface area contributed by atoms with E-state index in [0.717, 1.165) is 13.0 Å². The van der Waals surface area contributed by atoms with Crippen LogP contribution in [-0.2, 0) is 4.79 Å². The first kappa shape index (κ1) is 12.5. The molecule has 0 aliphatic carbocycles. The van der Waals surface area contributed by atoms with Crippen LogP contribution in [0, 0.1) is 11.8 Å². The number of rotatable bonds is 3. The molecule has 1 rings (SSSR count). The molecule has 0 radical (unpaired) electrons. The maximum absolute atomic E-state index is 11.9. The molecule has 0 bridgehead atoms. The average molecular weight is 212 g/mol. The molecular formula is C12H24N2O. The summed E-state index contributed by atoms with van der Waals surface area (Å²) in [5, 5.41) is 3.12. The number of amides is 1. The molecule has 0 saturated carbocycles. The average Bonchev–Trinajstić information content (AvgIpc) is 2.10. The van der Waals surface area contributed by atoms with E-state index in [-0.39, 0.29) is 11.9 Å². The van der Waals surface area contributed by atoms with Crippen LogP contribution < -0.4 is 5.32 Å². The van der Waals surface area contributed by atoms with Crippen LogP contribution in [0.2, 0.25) is 0 Å². The lowest BCUT2D eigenvalue weighted by Gasteiger charge is -2.39. The highest BCUT2D eigenvalue weighted by Crippen LogP contribution is 2.17. The Kier molecular flexibility index (Phi) is 4.14. The van der Waals surface area contributed by atoms with E-state index < -0.39 is 0 Å². The van der Waals surface area contributed by atoms with Gasteiger partial charge in [0.05, 0.1) is 6.04 Å². The fourth-order valence-corrected chi connectivity index (χ4v) is 2.07. The minimum absolute atomic E-state index is 0.0694. The largest absolute Gasteiger partial charge is 0.350 e. The predicted molar refractivity (Wildman–Crippen MR) is 62.6 cm³/mol. The second-order valence-electron chi connectivity index (χ2n) is 5.44. The van der Waals surface area contributed by atoms with Crippen LogP contribution in [0.3, 0.4) is 0 Å². The van der Waals surface area contributed by atoms with Gasteiger partial charge >= 0.3 is 0 Å². The zero-order valence-corrected chi connectivity index (χ0v) is 10.6. The molecule has 1 heterocycles. The molecule has 0 aromatic heterocycles. The molecule has 1 aliphatic heterocycles. The third kappa shape index (κ3) is 3.20. The minimum atomic E-state index is 0.0694. The van der Waals surface area contributed by atoms with E-state index in [2.05, 4.69) is 45.0 Å². The maximum Gasteiger partial charge on any atom is 0.237 e. The fraction of sp³-hybridized carbons (Fsp3) is 0.917. The molecule has 1 saturated heterocycles. The summed E-state index contributed by atoms with van der Waals surface area (Å²) < 4.78 is 0. The van der Waals surface area contributed by atoms with Crippen LogP contribution in [0.4, 0.5) is 0 Å². The number of nitrogens with one attached hydrogen (secondary N) is 1. The number of nitrogens with zero attached hydrogens (tertiary/aromatic N) is 1. The van der Waals surface area contributed by atoms with Gasteiger partial charge in [-0.15, -0.1) is 0 Å². The third-order valence-electron chi connectivity index (χ3n) is 3.15. The van der Waals surface area contributed by atoms with Crippen LogP contribution in [-0.4, -0.2) is 36.5 Å². The number of piperazine rings is 1. The Labute approximate surface area is 93.2 Å². The summed E-state index contributed by atoms with van der Waals surface area (Å²) >= 11 is 0. The van der Waals surface area contributed by atoms with Gasteiger partial charge in [-0.05, 0) is 25.3 Å². The Morgan fingerprint density at radius 1 is 1.40 bits per heavy atom. The van der Waals surface area contributed by atoms with E-state index in [1.54, 1.807) is 0 Å². The summed E-state index contributed by atoms with van der Waals surface area (Å²) in [7, 11) is 2.06. The highest BCUT2D eigenvalue weighted by Gasteiger charge is 2.33. The van der Waals surface area contributed by atoms with Gasteiger partial charge in [0.15, 0.2) is 0 Å². The lowest BCUT2D eigenvalue weighted by atomic mass is 9.95. The van der Waals surface area contributed by atoms with E-state index >= 15 is 0 Å². The third-order valence-corrected chi connectivity index (χ3v) is 3.15. The van der Waals surface area contributed by atoms with Crippen LogP contribution >= 0.6 is 0 Å². The molecule has 3 heteroatoms. The smallest absolute Gasteiger partial charge is 0.237 e. The van der Waals surface area contributed by atoms with E-state index in [0.29, 0.717) is 17.9 Å². The van der Waals surface area contributed by atoms with E-state index in [1.807, 2.05) is 0 Å². The zero-order valence-electron chi connectivity index (χ0n) is 10.6. The summed E-state index contributed by atoms with van der Waals surface area (Å²) in [6.07, 6.45) is 0.952. The van der Waals surface area contributed by atoms with Crippen molar-refractivity contribution >= 4 is 5.91 Å². The van der Waals surface area contributed by atoms with E-state index in [9.17, 15) is 4.79 Å². The summed E-state index contributed by atoms with van der Waals surface area (Å²) in [5.41, 5.74) is 0. The first-order valence-electron chi connectivity index (χ1n) is 5.92. The normalized spacial score (nSPS) is 28.6.